The van der Waals surface area contributed by atoms with Crippen LogP contribution in [0, 0.1) is 0 Å². The SMILES string of the molecule is CCc1ccc(C(=O)CCC[N+]2(COC(=O)OC(CC)CC)CC[C@H]3[C@@H](C2)c2cccc4c2N3CCN4C)cc1. The summed E-state index contributed by atoms with van der Waals surface area (Å²) in [6.07, 6.45) is 4.13. The number of rotatable bonds is 11. The Morgan fingerprint density at radius 3 is 2.55 bits per heavy atom. The minimum absolute atomic E-state index is 0.115. The van der Waals surface area contributed by atoms with E-state index in [0.717, 1.165) is 70.4 Å². The van der Waals surface area contributed by atoms with Crippen molar-refractivity contribution in [3.63, 3.8) is 0 Å². The number of carbonyl (C=O) groups excluding carboxylic acids is 2. The van der Waals surface area contributed by atoms with Gasteiger partial charge < -0.3 is 19.3 Å². The van der Waals surface area contributed by atoms with Crippen molar-refractivity contribution in [1.82, 2.24) is 0 Å². The molecule has 1 fully saturated rings. The fraction of sp³-hybridized carbons (Fsp3) is 0.576. The number of hydrogen-bond acceptors (Lipinski definition) is 6. The number of para-hydroxylation sites is 1. The fourth-order valence-corrected chi connectivity index (χ4v) is 7.05. The molecule has 0 bridgehead atoms. The number of likely N-dealkylation sites (N-methyl/N-ethyl adjacent to an activating group) is 1. The minimum Gasteiger partial charge on any atom is -0.431 e. The molecule has 2 aromatic carbocycles. The van der Waals surface area contributed by atoms with Gasteiger partial charge in [-0.3, -0.25) is 9.28 Å². The van der Waals surface area contributed by atoms with E-state index in [1.807, 2.05) is 38.1 Å². The largest absolute Gasteiger partial charge is 0.512 e. The van der Waals surface area contributed by atoms with Gasteiger partial charge in [0.05, 0.1) is 36.9 Å². The number of ketones is 1. The van der Waals surface area contributed by atoms with Gasteiger partial charge in [-0.1, -0.05) is 57.2 Å². The van der Waals surface area contributed by atoms with Crippen molar-refractivity contribution >= 4 is 23.3 Å². The monoisotopic (exact) mass is 548 g/mol. The molecule has 0 saturated carbocycles. The summed E-state index contributed by atoms with van der Waals surface area (Å²) in [7, 11) is 2.18. The predicted molar refractivity (Wildman–Crippen MR) is 159 cm³/mol. The highest BCUT2D eigenvalue weighted by atomic mass is 16.7. The number of likely N-dealkylation sites (tertiary alicyclic amines) is 1. The first-order chi connectivity index (χ1) is 19.4. The molecule has 5 rings (SSSR count). The normalized spacial score (nSPS) is 23.1. The molecular formula is C33H46N3O4+. The molecule has 40 heavy (non-hydrogen) atoms. The smallest absolute Gasteiger partial charge is 0.431 e. The Morgan fingerprint density at radius 2 is 1.82 bits per heavy atom. The Hall–Kier alpha value is -3.06. The average molecular weight is 549 g/mol. The van der Waals surface area contributed by atoms with Crippen LogP contribution in [0.3, 0.4) is 0 Å². The van der Waals surface area contributed by atoms with Crippen LogP contribution in [0.25, 0.3) is 0 Å². The lowest BCUT2D eigenvalue weighted by atomic mass is 9.87. The predicted octanol–water partition coefficient (Wildman–Crippen LogP) is 6.15. The van der Waals surface area contributed by atoms with Gasteiger partial charge in [-0.15, -0.1) is 0 Å². The van der Waals surface area contributed by atoms with Crippen molar-refractivity contribution in [1.29, 1.82) is 0 Å². The van der Waals surface area contributed by atoms with Crippen molar-refractivity contribution in [2.45, 2.75) is 77.4 Å². The molecule has 1 saturated heterocycles. The summed E-state index contributed by atoms with van der Waals surface area (Å²) in [5, 5.41) is 0. The molecule has 2 aromatic rings. The number of Topliss-reactive ketones (excluding diaryl/α,β-unsaturated/α-hetero) is 1. The van der Waals surface area contributed by atoms with E-state index >= 15 is 0 Å². The first-order valence-corrected chi connectivity index (χ1v) is 15.3. The van der Waals surface area contributed by atoms with Gasteiger partial charge in [0.25, 0.3) is 0 Å². The molecule has 216 valence electrons. The lowest BCUT2D eigenvalue weighted by Crippen LogP contribution is -2.60. The number of carbonyl (C=O) groups is 2. The van der Waals surface area contributed by atoms with E-state index in [4.69, 9.17) is 9.47 Å². The number of piperidine rings is 1. The summed E-state index contributed by atoms with van der Waals surface area (Å²) in [6, 6.07) is 15.2. The number of anilines is 2. The third kappa shape index (κ3) is 5.71. The molecule has 0 N–H and O–H groups in total. The molecule has 0 aliphatic carbocycles. The molecule has 0 amide bonds. The summed E-state index contributed by atoms with van der Waals surface area (Å²) >= 11 is 0. The van der Waals surface area contributed by atoms with Crippen LogP contribution >= 0.6 is 0 Å². The molecule has 1 unspecified atom stereocenters. The molecule has 0 spiro atoms. The van der Waals surface area contributed by atoms with Crippen LogP contribution in [0.5, 0.6) is 0 Å². The number of benzene rings is 2. The zero-order valence-corrected chi connectivity index (χ0v) is 24.7. The van der Waals surface area contributed by atoms with Crippen molar-refractivity contribution < 1.29 is 23.5 Å². The summed E-state index contributed by atoms with van der Waals surface area (Å²) in [5.74, 6) is 0.562. The highest BCUT2D eigenvalue weighted by Gasteiger charge is 2.50. The molecular weight excluding hydrogens is 502 g/mol. The average Bonchev–Trinajstić information content (AvgIpc) is 3.30. The second kappa shape index (κ2) is 12.2. The van der Waals surface area contributed by atoms with E-state index in [9.17, 15) is 9.59 Å². The maximum atomic E-state index is 13.0. The van der Waals surface area contributed by atoms with Gasteiger partial charge in [-0.05, 0) is 36.5 Å². The quantitative estimate of drug-likeness (QED) is 0.191. The number of hydrogen-bond donors (Lipinski definition) is 0. The Morgan fingerprint density at radius 1 is 1.05 bits per heavy atom. The van der Waals surface area contributed by atoms with Crippen LogP contribution in [0.4, 0.5) is 16.2 Å². The number of quaternary nitrogens is 1. The number of fused-ring (bicyclic) bond motifs is 3. The maximum Gasteiger partial charge on any atom is 0.512 e. The molecule has 7 heteroatoms. The number of nitrogens with zero attached hydrogens (tertiary/aromatic N) is 3. The second-order valence-electron chi connectivity index (χ2n) is 11.9. The lowest BCUT2D eigenvalue weighted by Gasteiger charge is -2.47. The Kier molecular flexibility index (Phi) is 8.69. The molecule has 3 aliphatic rings. The third-order valence-corrected chi connectivity index (χ3v) is 9.52. The summed E-state index contributed by atoms with van der Waals surface area (Å²) in [4.78, 5) is 30.7. The van der Waals surface area contributed by atoms with Crippen molar-refractivity contribution in [2.24, 2.45) is 0 Å². The van der Waals surface area contributed by atoms with E-state index in [1.165, 1.54) is 22.5 Å². The third-order valence-electron chi connectivity index (χ3n) is 9.52. The Labute approximate surface area is 239 Å². The number of ether oxygens (including phenoxy) is 2. The second-order valence-corrected chi connectivity index (χ2v) is 11.9. The summed E-state index contributed by atoms with van der Waals surface area (Å²) in [6.45, 7) is 11.2. The molecule has 3 heterocycles. The Bertz CT molecular complexity index is 1190. The van der Waals surface area contributed by atoms with Gasteiger partial charge in [0.15, 0.2) is 5.78 Å². The summed E-state index contributed by atoms with van der Waals surface area (Å²) in [5.41, 5.74) is 6.16. The zero-order valence-electron chi connectivity index (χ0n) is 24.7. The molecule has 3 atom stereocenters. The van der Waals surface area contributed by atoms with E-state index in [-0.39, 0.29) is 18.6 Å². The molecule has 0 aromatic heterocycles. The van der Waals surface area contributed by atoms with Gasteiger partial charge in [0.2, 0.25) is 6.73 Å². The van der Waals surface area contributed by atoms with Gasteiger partial charge in [-0.25, -0.2) is 4.79 Å². The molecule has 3 aliphatic heterocycles. The van der Waals surface area contributed by atoms with E-state index < -0.39 is 6.16 Å². The topological polar surface area (TPSA) is 59.1 Å². The van der Waals surface area contributed by atoms with Gasteiger partial charge in [0.1, 0.15) is 6.10 Å². The van der Waals surface area contributed by atoms with Gasteiger partial charge in [0, 0.05) is 51.0 Å². The van der Waals surface area contributed by atoms with E-state index in [0.29, 0.717) is 22.9 Å². The highest BCUT2D eigenvalue weighted by Crippen LogP contribution is 2.51. The minimum atomic E-state index is -0.573. The van der Waals surface area contributed by atoms with Crippen LogP contribution in [0.2, 0.25) is 0 Å². The highest BCUT2D eigenvalue weighted by molar-refractivity contribution is 5.96. The molecule has 7 nitrogen and oxygen atoms in total. The first kappa shape index (κ1) is 28.5. The van der Waals surface area contributed by atoms with Crippen molar-refractivity contribution in [2.75, 3.05) is 56.3 Å². The van der Waals surface area contributed by atoms with Crippen molar-refractivity contribution in [3.8, 4) is 0 Å². The van der Waals surface area contributed by atoms with Crippen LogP contribution in [0.1, 0.15) is 80.3 Å². The maximum absolute atomic E-state index is 13.0. The fourth-order valence-electron chi connectivity index (χ4n) is 7.05. The van der Waals surface area contributed by atoms with E-state index in [1.54, 1.807) is 0 Å². The number of aryl methyl sites for hydroxylation is 1. The zero-order chi connectivity index (χ0) is 28.3. The van der Waals surface area contributed by atoms with Crippen molar-refractivity contribution in [3.05, 3.63) is 59.2 Å². The van der Waals surface area contributed by atoms with E-state index in [2.05, 4.69) is 42.0 Å². The molecule has 0 radical (unpaired) electrons. The first-order valence-electron chi connectivity index (χ1n) is 15.3. The van der Waals surface area contributed by atoms with Crippen LogP contribution in [-0.2, 0) is 15.9 Å². The van der Waals surface area contributed by atoms with Crippen LogP contribution < -0.4 is 9.80 Å². The van der Waals surface area contributed by atoms with Crippen LogP contribution in [-0.4, -0.2) is 75.1 Å². The standard InChI is InChI=1S/C33H46N3O4/c1-5-24-13-15-25(16-14-24)31(37)12-9-20-36(23-39-33(38)40-26(6-2)7-3)21-17-29-28(22-36)27-10-8-11-30-32(27)35(29)19-18-34(30)4/h8,10-11,13-16,26,28-29H,5-7,9,12,17-23H2,1-4H3/q+1/t28-,29-,36?/m0/s1. The van der Waals surface area contributed by atoms with Crippen LogP contribution in [0.15, 0.2) is 42.5 Å². The van der Waals surface area contributed by atoms with Gasteiger partial charge in [-0.2, -0.15) is 0 Å². The van der Waals surface area contributed by atoms with Gasteiger partial charge >= 0.3 is 6.16 Å². The lowest BCUT2D eigenvalue weighted by molar-refractivity contribution is -0.949. The summed E-state index contributed by atoms with van der Waals surface area (Å²) < 4.78 is 12.1. The Balaban J connectivity index is 1.32.